The van der Waals surface area contributed by atoms with Crippen LogP contribution in [0.4, 0.5) is 0 Å². The fourth-order valence-electron chi connectivity index (χ4n) is 1.20. The summed E-state index contributed by atoms with van der Waals surface area (Å²) in [5.41, 5.74) is 0. The molecule has 0 saturated heterocycles. The van der Waals surface area contributed by atoms with Gasteiger partial charge in [0.2, 0.25) is 5.91 Å². The van der Waals surface area contributed by atoms with Crippen molar-refractivity contribution in [2.75, 3.05) is 20.1 Å². The van der Waals surface area contributed by atoms with Gasteiger partial charge in [-0.05, 0) is 25.4 Å². The summed E-state index contributed by atoms with van der Waals surface area (Å²) >= 11 is 1.35. The van der Waals surface area contributed by atoms with E-state index in [0.717, 1.165) is 0 Å². The molecular formula is C11H18ClN3O2S. The molecule has 0 aliphatic rings. The summed E-state index contributed by atoms with van der Waals surface area (Å²) < 4.78 is 0. The molecule has 0 spiro atoms. The van der Waals surface area contributed by atoms with Crippen LogP contribution in [0.15, 0.2) is 17.5 Å². The summed E-state index contributed by atoms with van der Waals surface area (Å²) in [6.07, 6.45) is 0. The Morgan fingerprint density at radius 1 is 1.39 bits per heavy atom. The predicted molar refractivity (Wildman–Crippen MR) is 75.4 cm³/mol. The SMILES string of the molecule is CNCCNC(=O)C(C)NC(=O)c1cccs1.Cl. The summed E-state index contributed by atoms with van der Waals surface area (Å²) in [6, 6.07) is 3.00. The minimum atomic E-state index is -0.526. The maximum atomic E-state index is 11.7. The number of hydrogen-bond acceptors (Lipinski definition) is 4. The molecule has 0 fully saturated rings. The smallest absolute Gasteiger partial charge is 0.261 e. The van der Waals surface area contributed by atoms with Gasteiger partial charge in [0.05, 0.1) is 4.88 Å². The van der Waals surface area contributed by atoms with E-state index < -0.39 is 6.04 Å². The van der Waals surface area contributed by atoms with Crippen molar-refractivity contribution in [1.82, 2.24) is 16.0 Å². The molecule has 0 aliphatic heterocycles. The Bertz CT molecular complexity index is 370. The molecule has 102 valence electrons. The van der Waals surface area contributed by atoms with Crippen molar-refractivity contribution in [2.24, 2.45) is 0 Å². The van der Waals surface area contributed by atoms with Crippen molar-refractivity contribution in [3.63, 3.8) is 0 Å². The Balaban J connectivity index is 0.00000289. The molecule has 0 aliphatic carbocycles. The van der Waals surface area contributed by atoms with Gasteiger partial charge in [-0.2, -0.15) is 0 Å². The van der Waals surface area contributed by atoms with Gasteiger partial charge in [0.1, 0.15) is 6.04 Å². The average molecular weight is 292 g/mol. The monoisotopic (exact) mass is 291 g/mol. The minimum Gasteiger partial charge on any atom is -0.353 e. The van der Waals surface area contributed by atoms with Crippen molar-refractivity contribution in [1.29, 1.82) is 0 Å². The van der Waals surface area contributed by atoms with Gasteiger partial charge < -0.3 is 16.0 Å². The Kier molecular flexibility index (Phi) is 8.36. The lowest BCUT2D eigenvalue weighted by atomic mass is 10.3. The molecule has 0 saturated carbocycles. The molecular weight excluding hydrogens is 274 g/mol. The molecule has 1 atom stereocenters. The first-order valence-corrected chi connectivity index (χ1v) is 6.29. The quantitative estimate of drug-likeness (QED) is 0.673. The van der Waals surface area contributed by atoms with Gasteiger partial charge in [0.25, 0.3) is 5.91 Å². The third-order valence-corrected chi connectivity index (χ3v) is 3.03. The topological polar surface area (TPSA) is 70.2 Å². The third-order valence-electron chi connectivity index (χ3n) is 2.16. The van der Waals surface area contributed by atoms with Crippen molar-refractivity contribution in [3.05, 3.63) is 22.4 Å². The standard InChI is InChI=1S/C11H17N3O2S.ClH/c1-8(10(15)13-6-5-12-2)14-11(16)9-4-3-7-17-9;/h3-4,7-8,12H,5-6H2,1-2H3,(H,13,15)(H,14,16);1H. The maximum absolute atomic E-state index is 11.7. The van der Waals surface area contributed by atoms with Crippen LogP contribution < -0.4 is 16.0 Å². The highest BCUT2D eigenvalue weighted by Gasteiger charge is 2.16. The average Bonchev–Trinajstić information content (AvgIpc) is 2.82. The lowest BCUT2D eigenvalue weighted by molar-refractivity contribution is -0.122. The molecule has 3 N–H and O–H groups in total. The van der Waals surface area contributed by atoms with Crippen LogP contribution in [-0.2, 0) is 4.79 Å². The first kappa shape index (κ1) is 16.9. The van der Waals surface area contributed by atoms with Crippen LogP contribution in [-0.4, -0.2) is 38.0 Å². The van der Waals surface area contributed by atoms with Gasteiger partial charge in [-0.25, -0.2) is 0 Å². The number of nitrogens with one attached hydrogen (secondary N) is 3. The first-order chi connectivity index (χ1) is 8.15. The van der Waals surface area contributed by atoms with Crippen molar-refractivity contribution in [2.45, 2.75) is 13.0 Å². The lowest BCUT2D eigenvalue weighted by Crippen LogP contribution is -2.45. The normalized spacial score (nSPS) is 11.2. The zero-order chi connectivity index (χ0) is 12.7. The van der Waals surface area contributed by atoms with Crippen LogP contribution in [0, 0.1) is 0 Å². The Morgan fingerprint density at radius 3 is 2.67 bits per heavy atom. The van der Waals surface area contributed by atoms with E-state index in [1.165, 1.54) is 11.3 Å². The number of rotatable bonds is 6. The third kappa shape index (κ3) is 5.48. The van der Waals surface area contributed by atoms with Gasteiger partial charge in [0, 0.05) is 13.1 Å². The van der Waals surface area contributed by atoms with Crippen molar-refractivity contribution in [3.8, 4) is 0 Å². The molecule has 2 amide bonds. The second-order valence-electron chi connectivity index (χ2n) is 3.57. The highest BCUT2D eigenvalue weighted by Crippen LogP contribution is 2.07. The summed E-state index contributed by atoms with van der Waals surface area (Å²) in [6.45, 7) is 2.92. The fourth-order valence-corrected chi connectivity index (χ4v) is 1.83. The van der Waals surface area contributed by atoms with Gasteiger partial charge >= 0.3 is 0 Å². The molecule has 1 aromatic heterocycles. The number of likely N-dealkylation sites (N-methyl/N-ethyl adjacent to an activating group) is 1. The Labute approximate surface area is 117 Å². The zero-order valence-electron chi connectivity index (χ0n) is 10.4. The van der Waals surface area contributed by atoms with Gasteiger partial charge in [-0.15, -0.1) is 23.7 Å². The van der Waals surface area contributed by atoms with E-state index in [-0.39, 0.29) is 24.2 Å². The molecule has 5 nitrogen and oxygen atoms in total. The van der Waals surface area contributed by atoms with E-state index in [1.807, 2.05) is 12.4 Å². The van der Waals surface area contributed by atoms with Crippen molar-refractivity contribution >= 4 is 35.6 Å². The Hall–Kier alpha value is -1.11. The molecule has 1 heterocycles. The number of hydrogen-bond donors (Lipinski definition) is 3. The molecule has 0 bridgehead atoms. The van der Waals surface area contributed by atoms with E-state index >= 15 is 0 Å². The van der Waals surface area contributed by atoms with E-state index in [9.17, 15) is 9.59 Å². The molecule has 1 aromatic rings. The van der Waals surface area contributed by atoms with Crippen LogP contribution in [0.25, 0.3) is 0 Å². The summed E-state index contributed by atoms with van der Waals surface area (Å²) in [7, 11) is 1.81. The largest absolute Gasteiger partial charge is 0.353 e. The van der Waals surface area contributed by atoms with Crippen LogP contribution in [0.5, 0.6) is 0 Å². The molecule has 18 heavy (non-hydrogen) atoms. The number of carbonyl (C=O) groups excluding carboxylic acids is 2. The van der Waals surface area contributed by atoms with E-state index in [2.05, 4.69) is 16.0 Å². The molecule has 0 aromatic carbocycles. The highest BCUT2D eigenvalue weighted by atomic mass is 35.5. The lowest BCUT2D eigenvalue weighted by Gasteiger charge is -2.13. The van der Waals surface area contributed by atoms with Crippen LogP contribution >= 0.6 is 23.7 Å². The van der Waals surface area contributed by atoms with Crippen LogP contribution in [0.1, 0.15) is 16.6 Å². The molecule has 0 radical (unpaired) electrons. The minimum absolute atomic E-state index is 0. The van der Waals surface area contributed by atoms with Crippen LogP contribution in [0.3, 0.4) is 0 Å². The fraction of sp³-hybridized carbons (Fsp3) is 0.455. The number of carbonyl (C=O) groups is 2. The number of amides is 2. The zero-order valence-corrected chi connectivity index (χ0v) is 12.0. The summed E-state index contributed by atoms with van der Waals surface area (Å²) in [5.74, 6) is -0.388. The second-order valence-corrected chi connectivity index (χ2v) is 4.51. The molecule has 1 rings (SSSR count). The van der Waals surface area contributed by atoms with Gasteiger partial charge in [0.15, 0.2) is 0 Å². The van der Waals surface area contributed by atoms with E-state index in [4.69, 9.17) is 0 Å². The maximum Gasteiger partial charge on any atom is 0.261 e. The van der Waals surface area contributed by atoms with Gasteiger partial charge in [-0.1, -0.05) is 6.07 Å². The second kappa shape index (κ2) is 8.91. The van der Waals surface area contributed by atoms with E-state index in [0.29, 0.717) is 18.0 Å². The van der Waals surface area contributed by atoms with Crippen LogP contribution in [0.2, 0.25) is 0 Å². The molecule has 7 heteroatoms. The Morgan fingerprint density at radius 2 is 2.11 bits per heavy atom. The summed E-state index contributed by atoms with van der Waals surface area (Å²) in [5, 5.41) is 10.1. The van der Waals surface area contributed by atoms with E-state index in [1.54, 1.807) is 19.1 Å². The van der Waals surface area contributed by atoms with Gasteiger partial charge in [-0.3, -0.25) is 9.59 Å². The highest BCUT2D eigenvalue weighted by molar-refractivity contribution is 7.12. The predicted octanol–water partition coefficient (Wildman–Crippen LogP) is 0.624. The molecule has 1 unspecified atom stereocenters. The van der Waals surface area contributed by atoms with Crippen molar-refractivity contribution < 1.29 is 9.59 Å². The first-order valence-electron chi connectivity index (χ1n) is 5.42. The number of halogens is 1. The number of thiophene rings is 1. The summed E-state index contributed by atoms with van der Waals surface area (Å²) in [4.78, 5) is 23.8.